The van der Waals surface area contributed by atoms with Gasteiger partial charge < -0.3 is 4.74 Å². The topological polar surface area (TPSA) is 77.0 Å². The number of carbonyl (C=O) groups excluding carboxylic acids is 1. The third-order valence-electron chi connectivity index (χ3n) is 4.71. The second-order valence-electron chi connectivity index (χ2n) is 6.88. The molecule has 158 valence electrons. The van der Waals surface area contributed by atoms with E-state index in [1.165, 1.54) is 23.5 Å². The molecule has 0 fully saturated rings. The molecule has 4 rings (SSSR count). The van der Waals surface area contributed by atoms with Gasteiger partial charge in [-0.05, 0) is 63.2 Å². The average molecular weight is 440 g/mol. The average Bonchev–Trinajstić information content (AvgIpc) is 3.08. The van der Waals surface area contributed by atoms with Crippen LogP contribution in [0, 0.1) is 20.8 Å². The van der Waals surface area contributed by atoms with E-state index in [1.807, 2.05) is 20.8 Å². The molecule has 9 heteroatoms. The Labute approximate surface area is 181 Å². The third kappa shape index (κ3) is 4.51. The van der Waals surface area contributed by atoms with Crippen LogP contribution in [0.5, 0.6) is 5.75 Å². The standard InChI is InChI=1S/C22H18F2N4O2S/c1-11-12(2)26-18-10-15(6-9-17(18)25-11)20(29)28-22-27-19(13(3)31-22)14-4-7-16(8-5-14)30-21(23)24/h4-10,21H,1-3H3,(H,27,28,29). The number of hydrogen-bond donors (Lipinski definition) is 1. The van der Waals surface area contributed by atoms with Crippen molar-refractivity contribution in [2.24, 2.45) is 0 Å². The SMILES string of the molecule is Cc1nc2ccc(C(=O)Nc3nc(-c4ccc(OC(F)F)cc4)c(C)s3)cc2nc1C. The Balaban J connectivity index is 1.54. The van der Waals surface area contributed by atoms with Gasteiger partial charge in [-0.3, -0.25) is 10.1 Å². The van der Waals surface area contributed by atoms with Crippen molar-refractivity contribution in [3.63, 3.8) is 0 Å². The Morgan fingerprint density at radius 1 is 0.968 bits per heavy atom. The van der Waals surface area contributed by atoms with Crippen LogP contribution in [0.25, 0.3) is 22.3 Å². The van der Waals surface area contributed by atoms with Crippen LogP contribution >= 0.6 is 11.3 Å². The number of thiazole rings is 1. The zero-order valence-electron chi connectivity index (χ0n) is 16.9. The molecule has 1 N–H and O–H groups in total. The maximum atomic E-state index is 12.7. The van der Waals surface area contributed by atoms with Gasteiger partial charge in [-0.15, -0.1) is 11.3 Å². The van der Waals surface area contributed by atoms with E-state index in [9.17, 15) is 13.6 Å². The van der Waals surface area contributed by atoms with Crippen molar-refractivity contribution in [2.75, 3.05) is 5.32 Å². The third-order valence-corrected chi connectivity index (χ3v) is 5.59. The largest absolute Gasteiger partial charge is 0.435 e. The summed E-state index contributed by atoms with van der Waals surface area (Å²) in [6.45, 7) is 2.77. The summed E-state index contributed by atoms with van der Waals surface area (Å²) in [5, 5.41) is 3.26. The molecule has 4 aromatic rings. The highest BCUT2D eigenvalue weighted by Crippen LogP contribution is 2.32. The minimum Gasteiger partial charge on any atom is -0.435 e. The molecule has 0 bridgehead atoms. The first-order valence-electron chi connectivity index (χ1n) is 9.39. The van der Waals surface area contributed by atoms with Gasteiger partial charge in [0, 0.05) is 16.0 Å². The number of aryl methyl sites for hydroxylation is 3. The number of nitrogens with zero attached hydrogens (tertiary/aromatic N) is 3. The Morgan fingerprint density at radius 3 is 2.32 bits per heavy atom. The number of aromatic nitrogens is 3. The summed E-state index contributed by atoms with van der Waals surface area (Å²) < 4.78 is 29.0. The number of benzene rings is 2. The predicted molar refractivity (Wildman–Crippen MR) is 116 cm³/mol. The van der Waals surface area contributed by atoms with E-state index in [4.69, 9.17) is 0 Å². The van der Waals surface area contributed by atoms with Gasteiger partial charge in [0.05, 0.1) is 28.1 Å². The van der Waals surface area contributed by atoms with Gasteiger partial charge in [-0.2, -0.15) is 8.78 Å². The monoisotopic (exact) mass is 440 g/mol. The summed E-state index contributed by atoms with van der Waals surface area (Å²) in [5.41, 5.74) is 4.90. The molecule has 1 amide bonds. The number of ether oxygens (including phenoxy) is 1. The van der Waals surface area contributed by atoms with Crippen molar-refractivity contribution in [3.05, 3.63) is 64.3 Å². The highest BCUT2D eigenvalue weighted by molar-refractivity contribution is 7.16. The molecule has 31 heavy (non-hydrogen) atoms. The molecule has 2 aromatic carbocycles. The molecule has 2 aromatic heterocycles. The molecule has 0 aliphatic heterocycles. The molecule has 6 nitrogen and oxygen atoms in total. The van der Waals surface area contributed by atoms with Crippen LogP contribution in [0.1, 0.15) is 26.6 Å². The van der Waals surface area contributed by atoms with E-state index in [-0.39, 0.29) is 11.7 Å². The summed E-state index contributed by atoms with van der Waals surface area (Å²) in [5.74, 6) is -0.229. The molecule has 0 saturated heterocycles. The number of rotatable bonds is 5. The lowest BCUT2D eigenvalue weighted by atomic mass is 10.1. The molecule has 0 aliphatic rings. The lowest BCUT2D eigenvalue weighted by molar-refractivity contribution is -0.0498. The summed E-state index contributed by atoms with van der Waals surface area (Å²) in [6, 6.07) is 11.4. The Bertz CT molecular complexity index is 1270. The number of carbonyl (C=O) groups is 1. The number of fused-ring (bicyclic) bond motifs is 1. The number of alkyl halides is 2. The molecule has 0 spiro atoms. The lowest BCUT2D eigenvalue weighted by Crippen LogP contribution is -2.11. The van der Waals surface area contributed by atoms with Crippen molar-refractivity contribution < 1.29 is 18.3 Å². The maximum absolute atomic E-state index is 12.7. The van der Waals surface area contributed by atoms with Crippen LogP contribution in [0.2, 0.25) is 0 Å². The number of amides is 1. The first kappa shape index (κ1) is 20.8. The van der Waals surface area contributed by atoms with Gasteiger partial charge >= 0.3 is 6.61 Å². The number of halogens is 2. The number of anilines is 1. The fraction of sp³-hybridized carbons (Fsp3) is 0.182. The van der Waals surface area contributed by atoms with Crippen molar-refractivity contribution >= 4 is 33.4 Å². The predicted octanol–water partition coefficient (Wildman–Crippen LogP) is 5.53. The Hall–Kier alpha value is -3.46. The van der Waals surface area contributed by atoms with Crippen molar-refractivity contribution in [1.29, 1.82) is 0 Å². The van der Waals surface area contributed by atoms with Gasteiger partial charge in [0.15, 0.2) is 5.13 Å². The quantitative estimate of drug-likeness (QED) is 0.441. The van der Waals surface area contributed by atoms with Gasteiger partial charge in [0.2, 0.25) is 0 Å². The number of nitrogens with one attached hydrogen (secondary N) is 1. The minimum absolute atomic E-state index is 0.0741. The number of hydrogen-bond acceptors (Lipinski definition) is 6. The van der Waals surface area contributed by atoms with Crippen LogP contribution < -0.4 is 10.1 Å². The van der Waals surface area contributed by atoms with Crippen molar-refractivity contribution in [2.45, 2.75) is 27.4 Å². The molecule has 0 saturated carbocycles. The van der Waals surface area contributed by atoms with Gasteiger partial charge in [-0.25, -0.2) is 15.0 Å². The van der Waals surface area contributed by atoms with Crippen LogP contribution in [-0.2, 0) is 0 Å². The van der Waals surface area contributed by atoms with Crippen molar-refractivity contribution in [3.8, 4) is 17.0 Å². The second-order valence-corrected chi connectivity index (χ2v) is 8.08. The van der Waals surface area contributed by atoms with E-state index < -0.39 is 6.61 Å². The fourth-order valence-corrected chi connectivity index (χ4v) is 3.88. The zero-order valence-corrected chi connectivity index (χ0v) is 17.8. The van der Waals surface area contributed by atoms with E-state index in [2.05, 4.69) is 25.0 Å². The van der Waals surface area contributed by atoms with Crippen LogP contribution in [0.3, 0.4) is 0 Å². The van der Waals surface area contributed by atoms with E-state index in [0.29, 0.717) is 21.9 Å². The summed E-state index contributed by atoms with van der Waals surface area (Å²) in [4.78, 5) is 27.1. The van der Waals surface area contributed by atoms with Crippen LogP contribution in [0.4, 0.5) is 13.9 Å². The Kier molecular flexibility index (Phi) is 5.60. The smallest absolute Gasteiger partial charge is 0.387 e. The lowest BCUT2D eigenvalue weighted by Gasteiger charge is -2.06. The fourth-order valence-electron chi connectivity index (χ4n) is 3.05. The highest BCUT2D eigenvalue weighted by atomic mass is 32.1. The molecule has 0 aliphatic carbocycles. The second kappa shape index (κ2) is 8.35. The molecular formula is C22H18F2N4O2S. The summed E-state index contributed by atoms with van der Waals surface area (Å²) in [7, 11) is 0. The summed E-state index contributed by atoms with van der Waals surface area (Å²) >= 11 is 1.33. The maximum Gasteiger partial charge on any atom is 0.387 e. The first-order valence-corrected chi connectivity index (χ1v) is 10.2. The normalized spacial score (nSPS) is 11.2. The molecule has 0 unspecified atom stereocenters. The van der Waals surface area contributed by atoms with Gasteiger partial charge in [0.25, 0.3) is 5.91 Å². The first-order chi connectivity index (χ1) is 14.8. The van der Waals surface area contributed by atoms with E-state index >= 15 is 0 Å². The highest BCUT2D eigenvalue weighted by Gasteiger charge is 2.15. The summed E-state index contributed by atoms with van der Waals surface area (Å²) in [6.07, 6.45) is 0. The molecule has 0 atom stereocenters. The molecule has 0 radical (unpaired) electrons. The molecular weight excluding hydrogens is 422 g/mol. The Morgan fingerprint density at radius 2 is 1.65 bits per heavy atom. The van der Waals surface area contributed by atoms with Crippen LogP contribution in [0.15, 0.2) is 42.5 Å². The van der Waals surface area contributed by atoms with E-state index in [0.717, 1.165) is 27.3 Å². The zero-order chi connectivity index (χ0) is 22.1. The van der Waals surface area contributed by atoms with E-state index in [1.54, 1.807) is 30.3 Å². The van der Waals surface area contributed by atoms with Crippen molar-refractivity contribution in [1.82, 2.24) is 15.0 Å². The van der Waals surface area contributed by atoms with Gasteiger partial charge in [0.1, 0.15) is 5.75 Å². The minimum atomic E-state index is -2.87. The van der Waals surface area contributed by atoms with Gasteiger partial charge in [-0.1, -0.05) is 0 Å². The van der Waals surface area contributed by atoms with Crippen LogP contribution in [-0.4, -0.2) is 27.5 Å². The molecule has 2 heterocycles.